The van der Waals surface area contributed by atoms with Gasteiger partial charge in [0, 0.05) is 5.56 Å². The predicted octanol–water partition coefficient (Wildman–Crippen LogP) is 2.37. The number of nitrogen functional groups attached to an aromatic ring is 1. The molecule has 108 valence electrons. The van der Waals surface area contributed by atoms with Crippen molar-refractivity contribution in [3.63, 3.8) is 0 Å². The molecule has 4 rings (SSSR count). The van der Waals surface area contributed by atoms with Crippen molar-refractivity contribution in [2.75, 3.05) is 5.73 Å². The number of rotatable bonds is 1. The van der Waals surface area contributed by atoms with Gasteiger partial charge in [-0.15, -0.1) is 5.10 Å². The van der Waals surface area contributed by atoms with Gasteiger partial charge in [-0.05, 0) is 24.3 Å². The highest BCUT2D eigenvalue weighted by Gasteiger charge is 2.15. The maximum Gasteiger partial charge on any atom is 0.223 e. The summed E-state index contributed by atoms with van der Waals surface area (Å²) in [4.78, 5) is 8.49. The highest BCUT2D eigenvalue weighted by Crippen LogP contribution is 2.26. The van der Waals surface area contributed by atoms with Crippen molar-refractivity contribution in [3.05, 3.63) is 48.3 Å². The van der Waals surface area contributed by atoms with Crippen molar-refractivity contribution in [2.24, 2.45) is 0 Å². The molecule has 0 aliphatic carbocycles. The van der Waals surface area contributed by atoms with Crippen LogP contribution in [0.15, 0.2) is 42.5 Å². The van der Waals surface area contributed by atoms with Crippen LogP contribution in [0.25, 0.3) is 27.9 Å². The molecule has 0 radical (unpaired) electrons. The number of hydrogen-bond donors (Lipinski definition) is 2. The number of nitrogens with zero attached hydrogens (tertiary/aromatic N) is 4. The van der Waals surface area contributed by atoms with E-state index in [1.165, 1.54) is 16.6 Å². The van der Waals surface area contributed by atoms with Gasteiger partial charge in [0.05, 0.1) is 10.9 Å². The van der Waals surface area contributed by atoms with E-state index in [4.69, 9.17) is 5.73 Å². The number of hydrogen-bond acceptors (Lipinski definition) is 5. The zero-order chi connectivity index (χ0) is 15.3. The lowest BCUT2D eigenvalue weighted by Gasteiger charge is -2.02. The molecule has 2 aromatic carbocycles. The second-order valence-electron chi connectivity index (χ2n) is 4.83. The Morgan fingerprint density at radius 3 is 2.73 bits per heavy atom. The van der Waals surface area contributed by atoms with Gasteiger partial charge < -0.3 is 10.8 Å². The third-order valence-corrected chi connectivity index (χ3v) is 3.38. The van der Waals surface area contributed by atoms with E-state index in [2.05, 4.69) is 15.1 Å². The molecule has 0 atom stereocenters. The molecule has 0 fully saturated rings. The molecule has 0 spiro atoms. The van der Waals surface area contributed by atoms with E-state index < -0.39 is 5.82 Å². The maximum absolute atomic E-state index is 14.1. The number of nitrogens with two attached hydrogens (primary N) is 1. The zero-order valence-corrected chi connectivity index (χ0v) is 11.2. The van der Waals surface area contributed by atoms with Crippen LogP contribution in [0.3, 0.4) is 0 Å². The third-order valence-electron chi connectivity index (χ3n) is 3.38. The van der Waals surface area contributed by atoms with Gasteiger partial charge in [-0.1, -0.05) is 18.2 Å². The van der Waals surface area contributed by atoms with Crippen LogP contribution in [0.4, 0.5) is 10.3 Å². The lowest BCUT2D eigenvalue weighted by atomic mass is 10.2. The number of halogens is 1. The van der Waals surface area contributed by atoms with Crippen molar-refractivity contribution in [1.29, 1.82) is 0 Å². The molecule has 3 N–H and O–H groups in total. The van der Waals surface area contributed by atoms with Gasteiger partial charge in [-0.2, -0.15) is 4.52 Å². The van der Waals surface area contributed by atoms with Crippen LogP contribution < -0.4 is 5.73 Å². The number of anilines is 1. The summed E-state index contributed by atoms with van der Waals surface area (Å²) in [7, 11) is 0. The Hall–Kier alpha value is -3.22. The van der Waals surface area contributed by atoms with Crippen LogP contribution in [0.2, 0.25) is 0 Å². The van der Waals surface area contributed by atoms with Crippen molar-refractivity contribution in [2.45, 2.75) is 0 Å². The molecule has 6 nitrogen and oxygen atoms in total. The molecule has 0 aliphatic rings. The second kappa shape index (κ2) is 4.39. The fraction of sp³-hybridized carbons (Fsp3) is 0. The van der Waals surface area contributed by atoms with Crippen molar-refractivity contribution in [3.8, 4) is 17.1 Å². The third kappa shape index (κ3) is 1.76. The molecular formula is C15H10FN5O. The maximum atomic E-state index is 14.1. The number of aromatic hydroxyl groups is 1. The van der Waals surface area contributed by atoms with Gasteiger partial charge in [0.1, 0.15) is 11.6 Å². The summed E-state index contributed by atoms with van der Waals surface area (Å²) < 4.78 is 15.4. The molecule has 0 unspecified atom stereocenters. The van der Waals surface area contributed by atoms with E-state index in [0.717, 1.165) is 0 Å². The molecule has 2 heterocycles. The van der Waals surface area contributed by atoms with E-state index >= 15 is 0 Å². The lowest BCUT2D eigenvalue weighted by Crippen LogP contribution is -2.03. The number of phenolic OH excluding ortho intramolecular Hbond substituents is 1. The predicted molar refractivity (Wildman–Crippen MR) is 79.8 cm³/mol. The molecule has 22 heavy (non-hydrogen) atoms. The van der Waals surface area contributed by atoms with Crippen LogP contribution in [-0.4, -0.2) is 24.7 Å². The van der Waals surface area contributed by atoms with Crippen LogP contribution in [0.1, 0.15) is 0 Å². The Balaban J connectivity index is 2.09. The molecule has 0 saturated heterocycles. The zero-order valence-electron chi connectivity index (χ0n) is 11.2. The van der Waals surface area contributed by atoms with Crippen LogP contribution in [0.5, 0.6) is 5.75 Å². The van der Waals surface area contributed by atoms with Gasteiger partial charge in [0.15, 0.2) is 11.5 Å². The molecule has 2 aromatic heterocycles. The largest absolute Gasteiger partial charge is 0.508 e. The van der Waals surface area contributed by atoms with E-state index in [9.17, 15) is 9.50 Å². The molecule has 0 aliphatic heterocycles. The average molecular weight is 295 g/mol. The summed E-state index contributed by atoms with van der Waals surface area (Å²) in [6.45, 7) is 0. The second-order valence-corrected chi connectivity index (χ2v) is 4.83. The van der Waals surface area contributed by atoms with Crippen LogP contribution >= 0.6 is 0 Å². The topological polar surface area (TPSA) is 89.3 Å². The molecule has 0 amide bonds. The smallest absolute Gasteiger partial charge is 0.223 e. The van der Waals surface area contributed by atoms with E-state index in [-0.39, 0.29) is 17.1 Å². The quantitative estimate of drug-likeness (QED) is 0.562. The summed E-state index contributed by atoms with van der Waals surface area (Å²) in [5.74, 6) is 0.107. The summed E-state index contributed by atoms with van der Waals surface area (Å²) in [5, 5.41) is 14.1. The first kappa shape index (κ1) is 12.5. The molecule has 7 heteroatoms. The van der Waals surface area contributed by atoms with E-state index in [0.29, 0.717) is 22.6 Å². The Labute approximate surface area is 123 Å². The number of aromatic nitrogens is 4. The van der Waals surface area contributed by atoms with Gasteiger partial charge in [-0.25, -0.2) is 14.4 Å². The van der Waals surface area contributed by atoms with Gasteiger partial charge in [0.2, 0.25) is 5.95 Å². The molecule has 4 aromatic rings. The highest BCUT2D eigenvalue weighted by molar-refractivity contribution is 5.93. The Morgan fingerprint density at radius 1 is 1.09 bits per heavy atom. The minimum absolute atomic E-state index is 0.0958. The average Bonchev–Trinajstić information content (AvgIpc) is 2.93. The summed E-state index contributed by atoms with van der Waals surface area (Å²) >= 11 is 0. The standard InChI is InChI=1S/C15H10FN5O/c16-10-5-2-6-11-12(10)14-19-13(20-21(14)15(17)18-11)8-3-1-4-9(22)7-8/h1-7,22H,(H2,17,18). The van der Waals surface area contributed by atoms with E-state index in [1.807, 2.05) is 0 Å². The Kier molecular flexibility index (Phi) is 2.50. The Morgan fingerprint density at radius 2 is 1.91 bits per heavy atom. The molecule has 0 bridgehead atoms. The minimum atomic E-state index is -0.440. The minimum Gasteiger partial charge on any atom is -0.508 e. The fourth-order valence-corrected chi connectivity index (χ4v) is 2.40. The number of fused-ring (bicyclic) bond motifs is 3. The first-order valence-electron chi connectivity index (χ1n) is 6.53. The summed E-state index contributed by atoms with van der Waals surface area (Å²) in [6.07, 6.45) is 0. The lowest BCUT2D eigenvalue weighted by molar-refractivity contribution is 0.475. The normalized spacial score (nSPS) is 11.3. The number of phenols is 1. The first-order valence-corrected chi connectivity index (χ1v) is 6.53. The van der Waals surface area contributed by atoms with Crippen molar-refractivity contribution < 1.29 is 9.50 Å². The van der Waals surface area contributed by atoms with Gasteiger partial charge in [0.25, 0.3) is 0 Å². The fourth-order valence-electron chi connectivity index (χ4n) is 2.40. The van der Waals surface area contributed by atoms with E-state index in [1.54, 1.807) is 30.3 Å². The molecular weight excluding hydrogens is 285 g/mol. The summed E-state index contributed by atoms with van der Waals surface area (Å²) in [5.41, 5.74) is 7.18. The van der Waals surface area contributed by atoms with Crippen LogP contribution in [0, 0.1) is 5.82 Å². The van der Waals surface area contributed by atoms with Gasteiger partial charge in [-0.3, -0.25) is 0 Å². The van der Waals surface area contributed by atoms with Crippen molar-refractivity contribution >= 4 is 22.5 Å². The SMILES string of the molecule is Nc1nc2cccc(F)c2c2nc(-c3cccc(O)c3)nn12. The monoisotopic (exact) mass is 295 g/mol. The Bertz CT molecular complexity index is 1030. The first-order chi connectivity index (χ1) is 10.6. The van der Waals surface area contributed by atoms with Gasteiger partial charge >= 0.3 is 0 Å². The van der Waals surface area contributed by atoms with Crippen molar-refractivity contribution in [1.82, 2.24) is 19.6 Å². The van der Waals surface area contributed by atoms with Crippen LogP contribution in [-0.2, 0) is 0 Å². The number of benzene rings is 2. The molecule has 0 saturated carbocycles. The summed E-state index contributed by atoms with van der Waals surface area (Å²) in [6, 6.07) is 11.1. The highest BCUT2D eigenvalue weighted by atomic mass is 19.1.